The Morgan fingerprint density at radius 3 is 2.38 bits per heavy atom. The summed E-state index contributed by atoms with van der Waals surface area (Å²) in [4.78, 5) is 11.0. The van der Waals surface area contributed by atoms with E-state index in [1.807, 2.05) is 12.4 Å². The second kappa shape index (κ2) is 7.17. The van der Waals surface area contributed by atoms with Crippen LogP contribution in [0.25, 0.3) is 0 Å². The molecule has 0 saturated heterocycles. The van der Waals surface area contributed by atoms with Crippen LogP contribution in [0, 0.1) is 0 Å². The molecule has 0 fully saturated rings. The third kappa shape index (κ3) is 3.77. The quantitative estimate of drug-likeness (QED) is 0.715. The van der Waals surface area contributed by atoms with E-state index >= 15 is 0 Å². The number of aromatic nitrogens is 2. The van der Waals surface area contributed by atoms with Crippen LogP contribution in [0.3, 0.4) is 0 Å². The van der Waals surface area contributed by atoms with Crippen molar-refractivity contribution >= 4 is 5.82 Å². The molecule has 4 heteroatoms. The number of nitrogens with zero attached hydrogens (tertiary/aromatic N) is 3. The van der Waals surface area contributed by atoms with Crippen molar-refractivity contribution in [3.8, 4) is 0 Å². The Morgan fingerprint density at radius 2 is 1.88 bits per heavy atom. The lowest BCUT2D eigenvalue weighted by Gasteiger charge is -2.19. The fourth-order valence-corrected chi connectivity index (χ4v) is 1.54. The van der Waals surface area contributed by atoms with Gasteiger partial charge in [-0.3, -0.25) is 4.98 Å². The summed E-state index contributed by atoms with van der Waals surface area (Å²) in [5.74, 6) is 0.962. The van der Waals surface area contributed by atoms with Crippen LogP contribution in [0.15, 0.2) is 12.4 Å². The van der Waals surface area contributed by atoms with E-state index in [2.05, 4.69) is 41.0 Å². The summed E-state index contributed by atoms with van der Waals surface area (Å²) in [5, 5.41) is 3.31. The Balaban J connectivity index is 2.53. The third-order valence-corrected chi connectivity index (χ3v) is 2.51. The first kappa shape index (κ1) is 12.9. The Bertz CT molecular complexity index is 280. The molecule has 0 radical (unpaired) electrons. The molecule has 0 aliphatic heterocycles. The van der Waals surface area contributed by atoms with E-state index in [1.54, 1.807) is 0 Å². The second-order valence-corrected chi connectivity index (χ2v) is 3.72. The van der Waals surface area contributed by atoms with Crippen LogP contribution in [0.2, 0.25) is 0 Å². The Kier molecular flexibility index (Phi) is 5.78. The molecule has 0 aliphatic rings. The lowest BCUT2D eigenvalue weighted by atomic mass is 10.4. The van der Waals surface area contributed by atoms with Gasteiger partial charge in [-0.2, -0.15) is 0 Å². The maximum atomic E-state index is 4.42. The van der Waals surface area contributed by atoms with E-state index in [9.17, 15) is 0 Å². The van der Waals surface area contributed by atoms with Crippen molar-refractivity contribution in [1.82, 2.24) is 15.3 Å². The number of nitrogens with one attached hydrogen (secondary N) is 1. The second-order valence-electron chi connectivity index (χ2n) is 3.72. The van der Waals surface area contributed by atoms with Crippen LogP contribution in [0.5, 0.6) is 0 Å². The van der Waals surface area contributed by atoms with Gasteiger partial charge in [-0.1, -0.05) is 6.92 Å². The van der Waals surface area contributed by atoms with Gasteiger partial charge in [-0.25, -0.2) is 4.98 Å². The summed E-state index contributed by atoms with van der Waals surface area (Å²) < 4.78 is 0. The molecule has 0 saturated carbocycles. The molecular weight excluding hydrogens is 200 g/mol. The number of hydrogen-bond acceptors (Lipinski definition) is 4. The summed E-state index contributed by atoms with van der Waals surface area (Å²) >= 11 is 0. The van der Waals surface area contributed by atoms with Gasteiger partial charge >= 0.3 is 0 Å². The molecular formula is C12H22N4. The van der Waals surface area contributed by atoms with E-state index in [0.29, 0.717) is 0 Å². The molecule has 1 aromatic rings. The van der Waals surface area contributed by atoms with Gasteiger partial charge in [-0.15, -0.1) is 0 Å². The highest BCUT2D eigenvalue weighted by molar-refractivity contribution is 5.35. The zero-order chi connectivity index (χ0) is 11.8. The predicted molar refractivity (Wildman–Crippen MR) is 67.6 cm³/mol. The van der Waals surface area contributed by atoms with Crippen LogP contribution >= 0.6 is 0 Å². The van der Waals surface area contributed by atoms with Gasteiger partial charge < -0.3 is 10.2 Å². The molecule has 4 nitrogen and oxygen atoms in total. The van der Waals surface area contributed by atoms with Crippen molar-refractivity contribution in [1.29, 1.82) is 0 Å². The molecule has 1 heterocycles. The maximum Gasteiger partial charge on any atom is 0.147 e. The normalized spacial score (nSPS) is 10.4. The third-order valence-electron chi connectivity index (χ3n) is 2.51. The highest BCUT2D eigenvalue weighted by Gasteiger charge is 2.03. The molecule has 16 heavy (non-hydrogen) atoms. The molecule has 0 aromatic carbocycles. The monoisotopic (exact) mass is 222 g/mol. The van der Waals surface area contributed by atoms with Crippen molar-refractivity contribution in [2.45, 2.75) is 33.7 Å². The first-order chi connectivity index (χ1) is 7.81. The van der Waals surface area contributed by atoms with Crippen LogP contribution < -0.4 is 10.2 Å². The molecule has 1 aromatic heterocycles. The lowest BCUT2D eigenvalue weighted by molar-refractivity contribution is 0.661. The Hall–Kier alpha value is -1.16. The minimum atomic E-state index is 0.805. The molecule has 0 atom stereocenters. The average Bonchev–Trinajstić information content (AvgIpc) is 2.33. The minimum Gasteiger partial charge on any atom is -0.356 e. The van der Waals surface area contributed by atoms with Gasteiger partial charge in [0.1, 0.15) is 5.82 Å². The Morgan fingerprint density at radius 1 is 1.12 bits per heavy atom. The molecule has 0 aliphatic carbocycles. The van der Waals surface area contributed by atoms with Crippen molar-refractivity contribution in [2.75, 3.05) is 24.5 Å². The zero-order valence-corrected chi connectivity index (χ0v) is 10.5. The maximum absolute atomic E-state index is 4.42. The lowest BCUT2D eigenvalue weighted by Crippen LogP contribution is -2.23. The first-order valence-corrected chi connectivity index (χ1v) is 6.08. The van der Waals surface area contributed by atoms with Crippen molar-refractivity contribution < 1.29 is 0 Å². The number of hydrogen-bond donors (Lipinski definition) is 1. The minimum absolute atomic E-state index is 0.805. The van der Waals surface area contributed by atoms with Crippen LogP contribution in [0.4, 0.5) is 5.82 Å². The van der Waals surface area contributed by atoms with Gasteiger partial charge in [0.25, 0.3) is 0 Å². The molecule has 0 bridgehead atoms. The van der Waals surface area contributed by atoms with Crippen molar-refractivity contribution in [2.24, 2.45) is 0 Å². The highest BCUT2D eigenvalue weighted by Crippen LogP contribution is 2.07. The van der Waals surface area contributed by atoms with Crippen LogP contribution in [0.1, 0.15) is 32.9 Å². The molecule has 1 N–H and O–H groups in total. The van der Waals surface area contributed by atoms with Gasteiger partial charge in [0, 0.05) is 19.6 Å². The molecule has 90 valence electrons. The van der Waals surface area contributed by atoms with Crippen molar-refractivity contribution in [3.63, 3.8) is 0 Å². The molecule has 0 amide bonds. The molecule has 1 rings (SSSR count). The standard InChI is InChI=1S/C12H22N4/c1-4-7-13-8-11-9-15-12(10-14-11)16(5-2)6-3/h9-10,13H,4-8H2,1-3H3. The van der Waals surface area contributed by atoms with Crippen LogP contribution in [-0.2, 0) is 6.54 Å². The predicted octanol–water partition coefficient (Wildman–Crippen LogP) is 1.82. The molecule has 0 spiro atoms. The number of rotatable bonds is 7. The van der Waals surface area contributed by atoms with E-state index in [1.165, 1.54) is 0 Å². The topological polar surface area (TPSA) is 41.1 Å². The van der Waals surface area contributed by atoms with E-state index in [-0.39, 0.29) is 0 Å². The summed E-state index contributed by atoms with van der Waals surface area (Å²) in [6, 6.07) is 0. The van der Waals surface area contributed by atoms with Crippen LogP contribution in [-0.4, -0.2) is 29.6 Å². The van der Waals surface area contributed by atoms with Gasteiger partial charge in [-0.05, 0) is 26.8 Å². The van der Waals surface area contributed by atoms with E-state index < -0.39 is 0 Å². The van der Waals surface area contributed by atoms with Gasteiger partial charge in [0.15, 0.2) is 0 Å². The number of anilines is 1. The summed E-state index contributed by atoms with van der Waals surface area (Å²) in [5.41, 5.74) is 1.00. The average molecular weight is 222 g/mol. The van der Waals surface area contributed by atoms with E-state index in [0.717, 1.165) is 44.1 Å². The summed E-state index contributed by atoms with van der Waals surface area (Å²) in [7, 11) is 0. The summed E-state index contributed by atoms with van der Waals surface area (Å²) in [6.07, 6.45) is 4.86. The fraction of sp³-hybridized carbons (Fsp3) is 0.667. The zero-order valence-electron chi connectivity index (χ0n) is 10.5. The van der Waals surface area contributed by atoms with Crippen molar-refractivity contribution in [3.05, 3.63) is 18.1 Å². The highest BCUT2D eigenvalue weighted by atomic mass is 15.2. The summed E-state index contributed by atoms with van der Waals surface area (Å²) in [6.45, 7) is 10.2. The Labute approximate surface area is 98.1 Å². The van der Waals surface area contributed by atoms with Gasteiger partial charge in [0.2, 0.25) is 0 Å². The largest absolute Gasteiger partial charge is 0.356 e. The SMILES string of the molecule is CCCNCc1cnc(N(CC)CC)cn1. The van der Waals surface area contributed by atoms with E-state index in [4.69, 9.17) is 0 Å². The first-order valence-electron chi connectivity index (χ1n) is 6.08. The smallest absolute Gasteiger partial charge is 0.147 e. The molecule has 0 unspecified atom stereocenters. The van der Waals surface area contributed by atoms with Gasteiger partial charge in [0.05, 0.1) is 18.1 Å². The fourth-order valence-electron chi connectivity index (χ4n) is 1.54.